The monoisotopic (exact) mass is 447 g/mol. The molecule has 2 amide bonds. The normalized spacial score (nSPS) is 14.9. The molecule has 0 saturated heterocycles. The molecule has 170 valence electrons. The van der Waals surface area contributed by atoms with E-state index < -0.39 is 6.10 Å². The second-order valence-corrected chi connectivity index (χ2v) is 7.92. The number of ether oxygens (including phenoxy) is 1. The number of hydrogen-bond acceptors (Lipinski definition) is 6. The Morgan fingerprint density at radius 1 is 1.09 bits per heavy atom. The summed E-state index contributed by atoms with van der Waals surface area (Å²) in [6.45, 7) is 1.63. The predicted octanol–water partition coefficient (Wildman–Crippen LogP) is 3.72. The molecule has 2 heterocycles. The molecule has 0 fully saturated rings. The largest absolute Gasteiger partial charge is 0.478 e. The molecule has 4 rings (SSSR count). The topological polar surface area (TPSA) is 92.1 Å². The van der Waals surface area contributed by atoms with Gasteiger partial charge in [0.1, 0.15) is 12.3 Å². The summed E-state index contributed by atoms with van der Waals surface area (Å²) < 4.78 is 11.0. The van der Waals surface area contributed by atoms with Gasteiger partial charge in [-0.3, -0.25) is 19.3 Å². The molecule has 0 spiro atoms. The quantitative estimate of drug-likeness (QED) is 0.555. The van der Waals surface area contributed by atoms with Crippen molar-refractivity contribution in [1.29, 1.82) is 0 Å². The van der Waals surface area contributed by atoms with Gasteiger partial charge in [0.2, 0.25) is 11.7 Å². The van der Waals surface area contributed by atoms with Gasteiger partial charge in [0.15, 0.2) is 11.9 Å². The number of hydrogen-bond donors (Lipinski definition) is 1. The first-order valence-electron chi connectivity index (χ1n) is 10.6. The van der Waals surface area contributed by atoms with Gasteiger partial charge in [-0.1, -0.05) is 6.92 Å². The Bertz CT molecular complexity index is 1170. The third-order valence-electron chi connectivity index (χ3n) is 5.41. The predicted molar refractivity (Wildman–Crippen MR) is 125 cm³/mol. The molecule has 0 saturated carbocycles. The van der Waals surface area contributed by atoms with E-state index in [0.717, 1.165) is 5.69 Å². The highest BCUT2D eigenvalue weighted by Crippen LogP contribution is 2.36. The average molecular weight is 447 g/mol. The van der Waals surface area contributed by atoms with Crippen LogP contribution in [-0.2, 0) is 9.59 Å². The molecule has 33 heavy (non-hydrogen) atoms. The molecule has 1 aromatic heterocycles. The maximum absolute atomic E-state index is 13.0. The standard InChI is InChI=1S/C25H25N3O5/c1-4-20-25(31)28(15-23(29)26-17-8-10-18(11-9-17)27(2)3)19-14-16(7-12-21(19)33-20)24(30)22-6-5-13-32-22/h5-14,20H,4,15H2,1-3H3,(H,26,29). The van der Waals surface area contributed by atoms with Crippen molar-refractivity contribution in [2.45, 2.75) is 19.4 Å². The van der Waals surface area contributed by atoms with Crippen LogP contribution in [0.25, 0.3) is 0 Å². The minimum atomic E-state index is -0.698. The van der Waals surface area contributed by atoms with Crippen molar-refractivity contribution < 1.29 is 23.5 Å². The van der Waals surface area contributed by atoms with Gasteiger partial charge in [-0.25, -0.2) is 0 Å². The zero-order chi connectivity index (χ0) is 23.5. The summed E-state index contributed by atoms with van der Waals surface area (Å²) in [5.74, 6) is -0.370. The van der Waals surface area contributed by atoms with Crippen LogP contribution < -0.4 is 19.9 Å². The molecule has 0 bridgehead atoms. The van der Waals surface area contributed by atoms with Crippen LogP contribution in [0.3, 0.4) is 0 Å². The molecule has 8 nitrogen and oxygen atoms in total. The molecule has 0 aliphatic carbocycles. The van der Waals surface area contributed by atoms with Crippen LogP contribution in [0.2, 0.25) is 0 Å². The number of nitrogens with zero attached hydrogens (tertiary/aromatic N) is 2. The lowest BCUT2D eigenvalue weighted by Crippen LogP contribution is -2.48. The van der Waals surface area contributed by atoms with Crippen LogP contribution in [0.1, 0.15) is 29.5 Å². The molecular formula is C25H25N3O5. The molecule has 1 N–H and O–H groups in total. The van der Waals surface area contributed by atoms with E-state index in [-0.39, 0.29) is 29.9 Å². The minimum Gasteiger partial charge on any atom is -0.478 e. The van der Waals surface area contributed by atoms with Crippen molar-refractivity contribution in [2.24, 2.45) is 0 Å². The highest BCUT2D eigenvalue weighted by Gasteiger charge is 2.35. The van der Waals surface area contributed by atoms with E-state index in [1.54, 1.807) is 42.5 Å². The Balaban J connectivity index is 1.58. The average Bonchev–Trinajstić information content (AvgIpc) is 3.35. The molecule has 2 aromatic carbocycles. The Morgan fingerprint density at radius 3 is 2.48 bits per heavy atom. The molecule has 0 radical (unpaired) electrons. The summed E-state index contributed by atoms with van der Waals surface area (Å²) in [5.41, 5.74) is 2.34. The number of amides is 2. The van der Waals surface area contributed by atoms with Gasteiger partial charge in [0.25, 0.3) is 5.91 Å². The SMILES string of the molecule is CCC1Oc2ccc(C(=O)c3ccco3)cc2N(CC(=O)Nc2ccc(N(C)C)cc2)C1=O. The third kappa shape index (κ3) is 4.59. The molecule has 1 aliphatic rings. The maximum Gasteiger partial charge on any atom is 0.268 e. The van der Waals surface area contributed by atoms with Crippen molar-refractivity contribution in [3.05, 3.63) is 72.2 Å². The van der Waals surface area contributed by atoms with Crippen molar-refractivity contribution in [1.82, 2.24) is 0 Å². The van der Waals surface area contributed by atoms with Gasteiger partial charge in [-0.2, -0.15) is 0 Å². The highest BCUT2D eigenvalue weighted by molar-refractivity contribution is 6.10. The third-order valence-corrected chi connectivity index (χ3v) is 5.41. The number of furan rings is 1. The number of rotatable bonds is 7. The van der Waals surface area contributed by atoms with Crippen LogP contribution in [-0.4, -0.2) is 44.3 Å². The lowest BCUT2D eigenvalue weighted by Gasteiger charge is -2.34. The van der Waals surface area contributed by atoms with E-state index in [0.29, 0.717) is 29.1 Å². The van der Waals surface area contributed by atoms with Gasteiger partial charge in [-0.15, -0.1) is 0 Å². The summed E-state index contributed by atoms with van der Waals surface area (Å²) in [7, 11) is 3.87. The summed E-state index contributed by atoms with van der Waals surface area (Å²) >= 11 is 0. The van der Waals surface area contributed by atoms with E-state index in [2.05, 4.69) is 5.32 Å². The van der Waals surface area contributed by atoms with Crippen LogP contribution in [0.5, 0.6) is 5.75 Å². The van der Waals surface area contributed by atoms with E-state index in [4.69, 9.17) is 9.15 Å². The minimum absolute atomic E-state index is 0.190. The van der Waals surface area contributed by atoms with Gasteiger partial charge >= 0.3 is 0 Å². The fraction of sp³-hybridized carbons (Fsp3) is 0.240. The van der Waals surface area contributed by atoms with Crippen LogP contribution in [0.15, 0.2) is 65.3 Å². The molecule has 1 aliphatic heterocycles. The summed E-state index contributed by atoms with van der Waals surface area (Å²) in [4.78, 5) is 41.9. The van der Waals surface area contributed by atoms with Gasteiger partial charge in [0, 0.05) is 31.0 Å². The van der Waals surface area contributed by atoms with Crippen molar-refractivity contribution >= 4 is 34.7 Å². The summed E-state index contributed by atoms with van der Waals surface area (Å²) in [6.07, 6.45) is 1.18. The van der Waals surface area contributed by atoms with E-state index in [1.807, 2.05) is 38.1 Å². The first-order chi connectivity index (χ1) is 15.9. The Labute approximate surface area is 191 Å². The molecule has 3 aromatic rings. The van der Waals surface area contributed by atoms with Crippen molar-refractivity contribution in [3.8, 4) is 5.75 Å². The first kappa shape index (κ1) is 22.1. The van der Waals surface area contributed by atoms with Crippen molar-refractivity contribution in [3.63, 3.8) is 0 Å². The number of carbonyl (C=O) groups excluding carboxylic acids is 3. The fourth-order valence-electron chi connectivity index (χ4n) is 3.62. The summed E-state index contributed by atoms with van der Waals surface area (Å²) in [6, 6.07) is 15.4. The molecule has 1 atom stereocenters. The lowest BCUT2D eigenvalue weighted by molar-refractivity contribution is -0.128. The second-order valence-electron chi connectivity index (χ2n) is 7.92. The van der Waals surface area contributed by atoms with Crippen LogP contribution >= 0.6 is 0 Å². The van der Waals surface area contributed by atoms with Crippen molar-refractivity contribution in [2.75, 3.05) is 35.8 Å². The molecule has 1 unspecified atom stereocenters. The summed E-state index contributed by atoms with van der Waals surface area (Å²) in [5, 5.41) is 2.83. The zero-order valence-electron chi connectivity index (χ0n) is 18.7. The maximum atomic E-state index is 13.0. The van der Waals surface area contributed by atoms with Gasteiger partial charge < -0.3 is 19.4 Å². The number of fused-ring (bicyclic) bond motifs is 1. The number of benzene rings is 2. The Hall–Kier alpha value is -4.07. The Kier molecular flexibility index (Phi) is 6.17. The number of carbonyl (C=O) groups is 3. The van der Waals surface area contributed by atoms with Crippen LogP contribution in [0.4, 0.5) is 17.1 Å². The first-order valence-corrected chi connectivity index (χ1v) is 10.6. The van der Waals surface area contributed by atoms with E-state index in [1.165, 1.54) is 11.2 Å². The van der Waals surface area contributed by atoms with Gasteiger partial charge in [0.05, 0.1) is 12.0 Å². The smallest absolute Gasteiger partial charge is 0.268 e. The van der Waals surface area contributed by atoms with Crippen LogP contribution in [0, 0.1) is 0 Å². The second kappa shape index (κ2) is 9.20. The fourth-order valence-corrected chi connectivity index (χ4v) is 3.62. The van der Waals surface area contributed by atoms with E-state index >= 15 is 0 Å². The van der Waals surface area contributed by atoms with Gasteiger partial charge in [-0.05, 0) is 61.0 Å². The molecular weight excluding hydrogens is 422 g/mol. The molecule has 8 heteroatoms. The zero-order valence-corrected chi connectivity index (χ0v) is 18.7. The lowest BCUT2D eigenvalue weighted by atomic mass is 10.0. The number of ketones is 1. The highest BCUT2D eigenvalue weighted by atomic mass is 16.5. The number of anilines is 3. The van der Waals surface area contributed by atoms with E-state index in [9.17, 15) is 14.4 Å². The Morgan fingerprint density at radius 2 is 1.85 bits per heavy atom. The number of nitrogens with one attached hydrogen (secondary N) is 1.